The fourth-order valence-electron chi connectivity index (χ4n) is 0. The van der Waals surface area contributed by atoms with Crippen LogP contribution in [0.2, 0.25) is 0 Å². The van der Waals surface area contributed by atoms with Gasteiger partial charge in [0.25, 0.3) is 0 Å². The van der Waals surface area contributed by atoms with E-state index in [1.54, 1.807) is 0 Å². The van der Waals surface area contributed by atoms with E-state index in [0.29, 0.717) is 0 Å². The molecule has 0 bridgehead atoms. The molecule has 0 amide bonds. The SMILES string of the molecule is [Cl-].[Cl-].[Cl-].[Cl-].[Cl-].[Cl-].[Cl-].[Cl-].[Cl-].[Cl-].[Hf+4].[Mo+6]. The molecule has 0 rings (SSSR count). The minimum Gasteiger partial charge on any atom is -1.00 e. The Morgan fingerprint density at radius 1 is 0.250 bits per heavy atom. The van der Waals surface area contributed by atoms with E-state index in [4.69, 9.17) is 0 Å². The topological polar surface area (TPSA) is 0 Å². The van der Waals surface area contributed by atoms with Gasteiger partial charge in [-0.05, 0) is 0 Å². The second kappa shape index (κ2) is 163. The van der Waals surface area contributed by atoms with Crippen molar-refractivity contribution in [2.75, 3.05) is 0 Å². The molecule has 0 aliphatic rings. The first kappa shape index (κ1) is 198. The molecule has 12 heavy (non-hydrogen) atoms. The Kier molecular flexibility index (Phi) is 2680. The summed E-state index contributed by atoms with van der Waals surface area (Å²) in [6.07, 6.45) is 0. The first-order valence-corrected chi connectivity index (χ1v) is 0. The van der Waals surface area contributed by atoms with Crippen molar-refractivity contribution in [3.63, 3.8) is 0 Å². The molecule has 0 aliphatic heterocycles. The van der Waals surface area contributed by atoms with Crippen LogP contribution in [0.3, 0.4) is 0 Å². The quantitative estimate of drug-likeness (QED) is 0.234. The van der Waals surface area contributed by atoms with Gasteiger partial charge in [0.2, 0.25) is 0 Å². The zero-order valence-corrected chi connectivity index (χ0v) is 17.8. The number of hydrogen-bond acceptors (Lipinski definition) is 0. The molecular weight excluding hydrogens is 629 g/mol. The standard InChI is InChI=1S/10ClH.Hf.Mo/h10*1H;;/q;;;;;;;;;;+4;+6/p-10. The van der Waals surface area contributed by atoms with Gasteiger partial charge in [-0.3, -0.25) is 0 Å². The Bertz CT molecular complexity index is 9.80. The van der Waals surface area contributed by atoms with Gasteiger partial charge in [0.15, 0.2) is 0 Å². The molecule has 0 aromatic heterocycles. The number of halogens is 10. The van der Waals surface area contributed by atoms with Crippen LogP contribution >= 0.6 is 0 Å². The molecule has 80 valence electrons. The van der Waals surface area contributed by atoms with E-state index in [0.717, 1.165) is 0 Å². The van der Waals surface area contributed by atoms with Gasteiger partial charge in [0.05, 0.1) is 0 Å². The van der Waals surface area contributed by atoms with Crippen molar-refractivity contribution in [1.82, 2.24) is 0 Å². The smallest absolute Gasteiger partial charge is 1.00 e. The monoisotopic (exact) mass is 628 g/mol. The minimum atomic E-state index is 0. The third-order valence-corrected chi connectivity index (χ3v) is 0. The van der Waals surface area contributed by atoms with E-state index < -0.39 is 0 Å². The Morgan fingerprint density at radius 3 is 0.250 bits per heavy atom. The first-order valence-electron chi connectivity index (χ1n) is 0. The summed E-state index contributed by atoms with van der Waals surface area (Å²) in [6, 6.07) is 0. The Hall–Kier alpha value is 4.46. The van der Waals surface area contributed by atoms with Gasteiger partial charge in [0, 0.05) is 0 Å². The molecule has 0 spiro atoms. The van der Waals surface area contributed by atoms with Crippen LogP contribution in [0.5, 0.6) is 0 Å². The van der Waals surface area contributed by atoms with Gasteiger partial charge in [-0.2, -0.15) is 0 Å². The van der Waals surface area contributed by atoms with Gasteiger partial charge in [-0.15, -0.1) is 0 Å². The van der Waals surface area contributed by atoms with Crippen molar-refractivity contribution in [2.24, 2.45) is 0 Å². The Balaban J connectivity index is 0. The van der Waals surface area contributed by atoms with Crippen LogP contribution in [-0.2, 0) is 46.9 Å². The maximum atomic E-state index is 0. The van der Waals surface area contributed by atoms with Crippen LogP contribution in [0.1, 0.15) is 0 Å². The summed E-state index contributed by atoms with van der Waals surface area (Å²) in [5.74, 6) is 0. The molecule has 0 heterocycles. The van der Waals surface area contributed by atoms with E-state index in [2.05, 4.69) is 0 Å². The molecule has 0 saturated carbocycles. The van der Waals surface area contributed by atoms with Crippen molar-refractivity contribution in [2.45, 2.75) is 0 Å². The van der Waals surface area contributed by atoms with Crippen LogP contribution in [-0.4, -0.2) is 0 Å². The van der Waals surface area contributed by atoms with E-state index in [9.17, 15) is 0 Å². The van der Waals surface area contributed by atoms with Gasteiger partial charge in [-0.1, -0.05) is 0 Å². The zero-order valence-electron chi connectivity index (χ0n) is 4.69. The maximum Gasteiger partial charge on any atom is 6.00 e. The predicted octanol–water partition coefficient (Wildman–Crippen LogP) is -30.0. The van der Waals surface area contributed by atoms with Gasteiger partial charge in [0.1, 0.15) is 0 Å². The van der Waals surface area contributed by atoms with E-state index >= 15 is 0 Å². The fraction of sp³-hybridized carbons (Fsp3) is 0. The van der Waals surface area contributed by atoms with Gasteiger partial charge >= 0.3 is 46.9 Å². The summed E-state index contributed by atoms with van der Waals surface area (Å²) in [5.41, 5.74) is 0. The Labute approximate surface area is 168 Å². The van der Waals surface area contributed by atoms with Crippen LogP contribution in [0, 0.1) is 0 Å². The van der Waals surface area contributed by atoms with Crippen molar-refractivity contribution in [3.05, 3.63) is 0 Å². The molecule has 0 unspecified atom stereocenters. The number of rotatable bonds is 0. The molecule has 0 saturated heterocycles. The molecular formula is Cl10HfMo. The van der Waals surface area contributed by atoms with E-state index in [1.807, 2.05) is 0 Å². The molecule has 0 aliphatic carbocycles. The molecule has 0 fully saturated rings. The largest absolute Gasteiger partial charge is 6.00 e. The third kappa shape index (κ3) is 132. The summed E-state index contributed by atoms with van der Waals surface area (Å²) < 4.78 is 0. The summed E-state index contributed by atoms with van der Waals surface area (Å²) in [4.78, 5) is 0. The average molecular weight is 629 g/mol. The molecule has 0 nitrogen and oxygen atoms in total. The van der Waals surface area contributed by atoms with Crippen molar-refractivity contribution >= 4 is 0 Å². The summed E-state index contributed by atoms with van der Waals surface area (Å²) in [6.45, 7) is 0. The van der Waals surface area contributed by atoms with Crippen LogP contribution < -0.4 is 124 Å². The fourth-order valence-corrected chi connectivity index (χ4v) is 0. The van der Waals surface area contributed by atoms with Crippen LogP contribution in [0.25, 0.3) is 0 Å². The molecule has 0 N–H and O–H groups in total. The van der Waals surface area contributed by atoms with Crippen molar-refractivity contribution < 1.29 is 171 Å². The van der Waals surface area contributed by atoms with Crippen molar-refractivity contribution in [3.8, 4) is 0 Å². The van der Waals surface area contributed by atoms with E-state index in [-0.39, 0.29) is 171 Å². The zero-order chi connectivity index (χ0) is 0. The van der Waals surface area contributed by atoms with Gasteiger partial charge < -0.3 is 124 Å². The second-order valence-corrected chi connectivity index (χ2v) is 0. The van der Waals surface area contributed by atoms with Crippen molar-refractivity contribution in [1.29, 1.82) is 0 Å². The molecule has 0 atom stereocenters. The average Bonchev–Trinajstić information content (AvgIpc) is 0. The molecule has 0 aromatic carbocycles. The first-order chi connectivity index (χ1) is 0. The predicted molar refractivity (Wildman–Crippen MR) is 0 cm³/mol. The number of hydrogen-bond donors (Lipinski definition) is 0. The minimum absolute atomic E-state index is 0. The molecule has 0 radical (unpaired) electrons. The maximum absolute atomic E-state index is 0. The molecule has 12 heteroatoms. The van der Waals surface area contributed by atoms with E-state index in [1.165, 1.54) is 0 Å². The summed E-state index contributed by atoms with van der Waals surface area (Å²) >= 11 is 0. The van der Waals surface area contributed by atoms with Crippen LogP contribution in [0.15, 0.2) is 0 Å². The van der Waals surface area contributed by atoms with Crippen LogP contribution in [0.4, 0.5) is 0 Å². The Morgan fingerprint density at radius 2 is 0.250 bits per heavy atom. The normalized spacial score (nSPS) is 0. The summed E-state index contributed by atoms with van der Waals surface area (Å²) in [7, 11) is 0. The third-order valence-electron chi connectivity index (χ3n) is 0. The molecule has 0 aromatic rings. The second-order valence-electron chi connectivity index (χ2n) is 0. The van der Waals surface area contributed by atoms with Gasteiger partial charge in [-0.25, -0.2) is 0 Å². The summed E-state index contributed by atoms with van der Waals surface area (Å²) in [5, 5.41) is 0.